The highest BCUT2D eigenvalue weighted by atomic mass is 32.1. The monoisotopic (exact) mass is 365 g/mol. The molecular weight excluding hydrogens is 346 g/mol. The van der Waals surface area contributed by atoms with Gasteiger partial charge >= 0.3 is 0 Å². The van der Waals surface area contributed by atoms with E-state index in [0.717, 1.165) is 35.0 Å². The van der Waals surface area contributed by atoms with Gasteiger partial charge in [-0.05, 0) is 30.7 Å². The number of hydrogen-bond acceptors (Lipinski definition) is 6. The normalized spacial score (nSPS) is 17.3. The highest BCUT2D eigenvalue weighted by Crippen LogP contribution is 2.30. The first-order chi connectivity index (χ1) is 12.7. The third kappa shape index (κ3) is 3.23. The Hall–Kier alpha value is -2.64. The van der Waals surface area contributed by atoms with Gasteiger partial charge in [-0.15, -0.1) is 11.3 Å². The Balaban J connectivity index is 1.65. The van der Waals surface area contributed by atoms with E-state index in [9.17, 15) is 4.79 Å². The highest BCUT2D eigenvalue weighted by Gasteiger charge is 2.31. The van der Waals surface area contributed by atoms with Crippen LogP contribution in [0.2, 0.25) is 0 Å². The van der Waals surface area contributed by atoms with Gasteiger partial charge in [-0.25, -0.2) is 4.98 Å². The second-order valence-electron chi connectivity index (χ2n) is 6.15. The quantitative estimate of drug-likeness (QED) is 0.773. The first-order valence-electron chi connectivity index (χ1n) is 8.54. The summed E-state index contributed by atoms with van der Waals surface area (Å²) in [7, 11) is 0. The molecule has 4 rings (SSSR count). The molecule has 1 aliphatic heterocycles. The zero-order chi connectivity index (χ0) is 17.9. The molecule has 1 N–H and O–H groups in total. The summed E-state index contributed by atoms with van der Waals surface area (Å²) in [4.78, 5) is 29.0. The van der Waals surface area contributed by atoms with Gasteiger partial charge in [0.15, 0.2) is 0 Å². The minimum atomic E-state index is -0.0234. The molecule has 0 saturated carbocycles. The molecule has 132 valence electrons. The molecular formula is C19H19N5OS. The van der Waals surface area contributed by atoms with E-state index in [-0.39, 0.29) is 11.9 Å². The molecule has 0 radical (unpaired) electrons. The fourth-order valence-electron chi connectivity index (χ4n) is 3.14. The molecule has 1 unspecified atom stereocenters. The molecule has 1 fully saturated rings. The van der Waals surface area contributed by atoms with E-state index in [1.807, 2.05) is 48.4 Å². The van der Waals surface area contributed by atoms with Gasteiger partial charge in [0.1, 0.15) is 9.88 Å². The zero-order valence-electron chi connectivity index (χ0n) is 14.4. The molecule has 0 spiro atoms. The lowest BCUT2D eigenvalue weighted by Gasteiger charge is -2.36. The number of amides is 1. The standard InChI is InChI=1S/C19H19N5OS/c1-13-17(26-18(23-13)15-6-2-3-8-22-15)19(25)24-10-9-21-12-16(24)14-5-4-7-20-11-14/h2-8,11,16,21H,9-10,12H2,1H3. The summed E-state index contributed by atoms with van der Waals surface area (Å²) in [6.45, 7) is 4.06. The molecule has 0 aromatic carbocycles. The van der Waals surface area contributed by atoms with Crippen LogP contribution in [0, 0.1) is 6.92 Å². The summed E-state index contributed by atoms with van der Waals surface area (Å²) in [5, 5.41) is 4.15. The molecule has 3 aromatic heterocycles. The van der Waals surface area contributed by atoms with Crippen molar-refractivity contribution in [3.8, 4) is 10.7 Å². The van der Waals surface area contributed by atoms with Gasteiger partial charge in [0.05, 0.1) is 17.4 Å². The molecule has 4 heterocycles. The van der Waals surface area contributed by atoms with Crippen LogP contribution in [0.5, 0.6) is 0 Å². The first-order valence-corrected chi connectivity index (χ1v) is 9.36. The number of hydrogen-bond donors (Lipinski definition) is 1. The Bertz CT molecular complexity index is 897. The fraction of sp³-hybridized carbons (Fsp3) is 0.263. The second kappa shape index (κ2) is 7.31. The lowest BCUT2D eigenvalue weighted by atomic mass is 10.0. The molecule has 0 aliphatic carbocycles. The van der Waals surface area contributed by atoms with E-state index in [4.69, 9.17) is 0 Å². The Labute approximate surface area is 155 Å². The molecule has 1 atom stereocenters. The van der Waals surface area contributed by atoms with Crippen molar-refractivity contribution in [1.29, 1.82) is 0 Å². The van der Waals surface area contributed by atoms with E-state index < -0.39 is 0 Å². The maximum Gasteiger partial charge on any atom is 0.266 e. The van der Waals surface area contributed by atoms with Crippen LogP contribution in [0.3, 0.4) is 0 Å². The summed E-state index contributed by atoms with van der Waals surface area (Å²) in [6, 6.07) is 9.61. The third-order valence-corrected chi connectivity index (χ3v) is 5.62. The van der Waals surface area contributed by atoms with E-state index in [1.165, 1.54) is 11.3 Å². The summed E-state index contributed by atoms with van der Waals surface area (Å²) >= 11 is 1.41. The van der Waals surface area contributed by atoms with Crippen molar-refractivity contribution in [2.75, 3.05) is 19.6 Å². The summed E-state index contributed by atoms with van der Waals surface area (Å²) in [6.07, 6.45) is 5.32. The Morgan fingerprint density at radius 2 is 2.19 bits per heavy atom. The molecule has 26 heavy (non-hydrogen) atoms. The van der Waals surface area contributed by atoms with Crippen molar-refractivity contribution in [1.82, 2.24) is 25.2 Å². The van der Waals surface area contributed by atoms with E-state index >= 15 is 0 Å². The fourth-order valence-corrected chi connectivity index (χ4v) is 4.14. The molecule has 3 aromatic rings. The Kier molecular flexibility index (Phi) is 4.73. The second-order valence-corrected chi connectivity index (χ2v) is 7.15. The number of aromatic nitrogens is 3. The largest absolute Gasteiger partial charge is 0.328 e. The van der Waals surface area contributed by atoms with Crippen molar-refractivity contribution in [2.24, 2.45) is 0 Å². The SMILES string of the molecule is Cc1nc(-c2ccccn2)sc1C(=O)N1CCNCC1c1cccnc1. The van der Waals surface area contributed by atoms with Gasteiger partial charge in [0, 0.05) is 38.2 Å². The molecule has 0 bridgehead atoms. The van der Waals surface area contributed by atoms with Gasteiger partial charge in [-0.2, -0.15) is 0 Å². The van der Waals surface area contributed by atoms with Gasteiger partial charge in [-0.3, -0.25) is 14.8 Å². The number of thiazole rings is 1. The Morgan fingerprint density at radius 3 is 2.96 bits per heavy atom. The number of carbonyl (C=O) groups is 1. The summed E-state index contributed by atoms with van der Waals surface area (Å²) in [5.74, 6) is 0.0255. The first kappa shape index (κ1) is 16.8. The van der Waals surface area contributed by atoms with Crippen molar-refractivity contribution in [3.05, 3.63) is 65.1 Å². The summed E-state index contributed by atoms with van der Waals surface area (Å²) in [5.41, 5.74) is 2.59. The van der Waals surface area contributed by atoms with Crippen LogP contribution in [0.4, 0.5) is 0 Å². The van der Waals surface area contributed by atoms with Crippen molar-refractivity contribution in [2.45, 2.75) is 13.0 Å². The minimum Gasteiger partial charge on any atom is -0.328 e. The predicted molar refractivity (Wildman–Crippen MR) is 101 cm³/mol. The number of nitrogens with one attached hydrogen (secondary N) is 1. The minimum absolute atomic E-state index is 0.0234. The van der Waals surface area contributed by atoms with Crippen LogP contribution in [0.1, 0.15) is 27.0 Å². The zero-order valence-corrected chi connectivity index (χ0v) is 15.2. The van der Waals surface area contributed by atoms with E-state index in [2.05, 4.69) is 20.3 Å². The number of rotatable bonds is 3. The number of carbonyl (C=O) groups excluding carboxylic acids is 1. The smallest absolute Gasteiger partial charge is 0.266 e. The van der Waals surface area contributed by atoms with E-state index in [0.29, 0.717) is 11.4 Å². The van der Waals surface area contributed by atoms with Crippen LogP contribution in [-0.4, -0.2) is 45.4 Å². The van der Waals surface area contributed by atoms with Crippen LogP contribution < -0.4 is 5.32 Å². The third-order valence-electron chi connectivity index (χ3n) is 4.45. The van der Waals surface area contributed by atoms with E-state index in [1.54, 1.807) is 12.4 Å². The summed E-state index contributed by atoms with van der Waals surface area (Å²) < 4.78 is 0. The molecule has 1 aliphatic rings. The van der Waals surface area contributed by atoms with Crippen LogP contribution in [-0.2, 0) is 0 Å². The van der Waals surface area contributed by atoms with Crippen molar-refractivity contribution in [3.63, 3.8) is 0 Å². The van der Waals surface area contributed by atoms with Gasteiger partial charge in [-0.1, -0.05) is 12.1 Å². The highest BCUT2D eigenvalue weighted by molar-refractivity contribution is 7.17. The number of aryl methyl sites for hydroxylation is 1. The van der Waals surface area contributed by atoms with Crippen LogP contribution in [0.25, 0.3) is 10.7 Å². The Morgan fingerprint density at radius 1 is 1.27 bits per heavy atom. The van der Waals surface area contributed by atoms with Gasteiger partial charge in [0.25, 0.3) is 5.91 Å². The molecule has 1 amide bonds. The number of piperazine rings is 1. The van der Waals surface area contributed by atoms with Crippen molar-refractivity contribution < 1.29 is 4.79 Å². The van der Waals surface area contributed by atoms with Crippen LogP contribution >= 0.6 is 11.3 Å². The van der Waals surface area contributed by atoms with Gasteiger partial charge in [0.2, 0.25) is 0 Å². The number of pyridine rings is 2. The van der Waals surface area contributed by atoms with Crippen LogP contribution in [0.15, 0.2) is 48.9 Å². The predicted octanol–water partition coefficient (Wildman–Crippen LogP) is 2.70. The lowest BCUT2D eigenvalue weighted by Crippen LogP contribution is -2.48. The number of nitrogens with zero attached hydrogens (tertiary/aromatic N) is 4. The molecule has 7 heteroatoms. The maximum atomic E-state index is 13.3. The topological polar surface area (TPSA) is 71.0 Å². The van der Waals surface area contributed by atoms with Crippen molar-refractivity contribution >= 4 is 17.2 Å². The maximum absolute atomic E-state index is 13.3. The lowest BCUT2D eigenvalue weighted by molar-refractivity contribution is 0.0638. The molecule has 1 saturated heterocycles. The molecule has 6 nitrogen and oxygen atoms in total. The van der Waals surface area contributed by atoms with Gasteiger partial charge < -0.3 is 10.2 Å². The average molecular weight is 365 g/mol. The average Bonchev–Trinajstić information content (AvgIpc) is 3.10.